The minimum absolute atomic E-state index is 0.114. The minimum atomic E-state index is -0.114. The van der Waals surface area contributed by atoms with E-state index in [4.69, 9.17) is 0 Å². The molecule has 0 saturated carbocycles. The Morgan fingerprint density at radius 2 is 2.00 bits per heavy atom. The molecule has 0 bridgehead atoms. The third kappa shape index (κ3) is 4.06. The predicted molar refractivity (Wildman–Crippen MR) is 113 cm³/mol. The lowest BCUT2D eigenvalue weighted by Crippen LogP contribution is -2.18. The Hall–Kier alpha value is -3.42. The average Bonchev–Trinajstić information content (AvgIpc) is 3.15. The SMILES string of the molecule is CNC(=O)c1ccccc1Sc1ccc2c(c1)N=N/C2=C/C=C1\C=CC=CN1O. The first-order chi connectivity index (χ1) is 14.2. The van der Waals surface area contributed by atoms with E-state index in [1.165, 1.54) is 11.8 Å². The number of hydrogen-bond donors (Lipinski definition) is 2. The van der Waals surface area contributed by atoms with Gasteiger partial charge in [-0.3, -0.25) is 10.0 Å². The summed E-state index contributed by atoms with van der Waals surface area (Å²) in [5.41, 5.74) is 3.70. The van der Waals surface area contributed by atoms with Gasteiger partial charge in [0.25, 0.3) is 5.91 Å². The monoisotopic (exact) mass is 402 g/mol. The van der Waals surface area contributed by atoms with E-state index in [1.54, 1.807) is 31.5 Å². The molecule has 29 heavy (non-hydrogen) atoms. The van der Waals surface area contributed by atoms with Crippen LogP contribution in [0.2, 0.25) is 0 Å². The summed E-state index contributed by atoms with van der Waals surface area (Å²) in [5.74, 6) is -0.114. The molecular formula is C22H18N4O2S. The van der Waals surface area contributed by atoms with Gasteiger partial charge in [0.15, 0.2) is 0 Å². The molecule has 2 aromatic rings. The van der Waals surface area contributed by atoms with E-state index in [0.717, 1.165) is 31.8 Å². The molecule has 2 aliphatic heterocycles. The lowest BCUT2D eigenvalue weighted by atomic mass is 10.1. The highest BCUT2D eigenvalue weighted by Gasteiger charge is 2.16. The Balaban J connectivity index is 1.57. The van der Waals surface area contributed by atoms with Gasteiger partial charge in [0.1, 0.15) is 0 Å². The largest absolute Gasteiger partial charge is 0.355 e. The van der Waals surface area contributed by atoms with Crippen molar-refractivity contribution in [2.45, 2.75) is 9.79 Å². The number of fused-ring (bicyclic) bond motifs is 1. The molecule has 2 heterocycles. The van der Waals surface area contributed by atoms with Gasteiger partial charge < -0.3 is 5.32 Å². The second-order valence-corrected chi connectivity index (χ2v) is 7.36. The third-order valence-electron chi connectivity index (χ3n) is 4.38. The Kier molecular flexibility index (Phi) is 5.41. The summed E-state index contributed by atoms with van der Waals surface area (Å²) in [4.78, 5) is 13.9. The van der Waals surface area contributed by atoms with Crippen LogP contribution in [0.5, 0.6) is 0 Å². The van der Waals surface area contributed by atoms with Crippen LogP contribution in [0.15, 0.2) is 105 Å². The van der Waals surface area contributed by atoms with Crippen LogP contribution >= 0.6 is 11.8 Å². The second-order valence-electron chi connectivity index (χ2n) is 6.24. The van der Waals surface area contributed by atoms with Crippen molar-refractivity contribution in [1.82, 2.24) is 10.4 Å². The standard InChI is InChI=1S/C22H18N4O2S/c1-23-22(27)18-7-2-3-8-21(18)29-16-10-11-17-19(24-25-20(17)14-16)12-9-15-6-4-5-13-26(15)28/h2-14,28H,1H3,(H,23,27)/b15-9+,19-12+. The van der Waals surface area contributed by atoms with Gasteiger partial charge >= 0.3 is 0 Å². The molecule has 1 amide bonds. The van der Waals surface area contributed by atoms with Gasteiger partial charge in [-0.15, -0.1) is 10.2 Å². The summed E-state index contributed by atoms with van der Waals surface area (Å²) in [6.45, 7) is 0. The Morgan fingerprint density at radius 3 is 2.83 bits per heavy atom. The van der Waals surface area contributed by atoms with E-state index in [0.29, 0.717) is 11.3 Å². The zero-order valence-corrected chi connectivity index (χ0v) is 16.4. The number of carbonyl (C=O) groups excluding carboxylic acids is 1. The highest BCUT2D eigenvalue weighted by atomic mass is 32.2. The topological polar surface area (TPSA) is 77.3 Å². The molecule has 0 unspecified atom stereocenters. The quantitative estimate of drug-likeness (QED) is 0.728. The van der Waals surface area contributed by atoms with E-state index in [1.807, 2.05) is 54.6 Å². The summed E-state index contributed by atoms with van der Waals surface area (Å²) < 4.78 is 0. The molecule has 144 valence electrons. The lowest BCUT2D eigenvalue weighted by molar-refractivity contribution is -0.000196. The molecule has 4 rings (SSSR count). The number of amides is 1. The first kappa shape index (κ1) is 18.9. The highest BCUT2D eigenvalue weighted by Crippen LogP contribution is 2.40. The molecule has 0 aliphatic carbocycles. The van der Waals surface area contributed by atoms with Gasteiger partial charge in [-0.05, 0) is 54.6 Å². The summed E-state index contributed by atoms with van der Waals surface area (Å²) in [6.07, 6.45) is 10.6. The summed E-state index contributed by atoms with van der Waals surface area (Å²) in [5, 5.41) is 22.0. The van der Waals surface area contributed by atoms with Crippen LogP contribution in [-0.2, 0) is 0 Å². The smallest absolute Gasteiger partial charge is 0.252 e. The number of carbonyl (C=O) groups is 1. The molecular weight excluding hydrogens is 384 g/mol. The zero-order chi connectivity index (χ0) is 20.2. The van der Waals surface area contributed by atoms with Crippen LogP contribution in [0, 0.1) is 0 Å². The van der Waals surface area contributed by atoms with Gasteiger partial charge in [-0.1, -0.05) is 30.0 Å². The van der Waals surface area contributed by atoms with Crippen molar-refractivity contribution in [2.75, 3.05) is 7.05 Å². The number of hydroxylamine groups is 2. The molecule has 6 nitrogen and oxygen atoms in total. The third-order valence-corrected chi connectivity index (χ3v) is 5.44. The van der Waals surface area contributed by atoms with Gasteiger partial charge in [0.2, 0.25) is 0 Å². The molecule has 0 saturated heterocycles. The fourth-order valence-electron chi connectivity index (χ4n) is 2.91. The number of rotatable bonds is 4. The van der Waals surface area contributed by atoms with E-state index in [2.05, 4.69) is 15.5 Å². The molecule has 2 aliphatic rings. The first-order valence-electron chi connectivity index (χ1n) is 8.96. The van der Waals surface area contributed by atoms with Crippen LogP contribution in [0.4, 0.5) is 5.69 Å². The Labute approximate surface area is 172 Å². The predicted octanol–water partition coefficient (Wildman–Crippen LogP) is 5.29. The normalized spacial score (nSPS) is 17.2. The molecule has 0 fully saturated rings. The number of azo groups is 1. The van der Waals surface area contributed by atoms with Crippen LogP contribution in [0.1, 0.15) is 15.9 Å². The maximum absolute atomic E-state index is 12.1. The maximum Gasteiger partial charge on any atom is 0.252 e. The van der Waals surface area contributed by atoms with E-state index < -0.39 is 0 Å². The van der Waals surface area contributed by atoms with Gasteiger partial charge in [-0.2, -0.15) is 0 Å². The lowest BCUT2D eigenvalue weighted by Gasteiger charge is -2.14. The van der Waals surface area contributed by atoms with Gasteiger partial charge in [0.05, 0.1) is 22.6 Å². The fraction of sp³-hybridized carbons (Fsp3) is 0.0455. The van der Waals surface area contributed by atoms with Crippen LogP contribution < -0.4 is 5.32 Å². The van der Waals surface area contributed by atoms with Crippen molar-refractivity contribution < 1.29 is 10.0 Å². The maximum atomic E-state index is 12.1. The molecule has 0 radical (unpaired) electrons. The molecule has 0 aromatic heterocycles. The van der Waals surface area contributed by atoms with E-state index in [9.17, 15) is 10.0 Å². The Bertz CT molecular complexity index is 1120. The molecule has 7 heteroatoms. The first-order valence-corrected chi connectivity index (χ1v) is 9.77. The number of allylic oxidation sites excluding steroid dienone is 5. The average molecular weight is 402 g/mol. The summed E-state index contributed by atoms with van der Waals surface area (Å²) in [7, 11) is 1.62. The molecule has 0 spiro atoms. The molecule has 0 atom stereocenters. The van der Waals surface area contributed by atoms with Crippen molar-refractivity contribution in [3.8, 4) is 0 Å². The number of nitrogens with zero attached hydrogens (tertiary/aromatic N) is 3. The van der Waals surface area contributed by atoms with E-state index in [-0.39, 0.29) is 5.91 Å². The van der Waals surface area contributed by atoms with Crippen LogP contribution in [0.25, 0.3) is 5.70 Å². The van der Waals surface area contributed by atoms with Crippen molar-refractivity contribution >= 4 is 29.1 Å². The summed E-state index contributed by atoms with van der Waals surface area (Å²) >= 11 is 1.51. The van der Waals surface area contributed by atoms with Crippen molar-refractivity contribution in [3.05, 3.63) is 95.9 Å². The minimum Gasteiger partial charge on any atom is -0.355 e. The Morgan fingerprint density at radius 1 is 1.14 bits per heavy atom. The fourth-order valence-corrected chi connectivity index (χ4v) is 3.89. The van der Waals surface area contributed by atoms with Gasteiger partial charge in [0, 0.05) is 28.6 Å². The van der Waals surface area contributed by atoms with E-state index >= 15 is 0 Å². The van der Waals surface area contributed by atoms with Gasteiger partial charge in [-0.25, -0.2) is 5.06 Å². The number of nitrogens with one attached hydrogen (secondary N) is 1. The van der Waals surface area contributed by atoms with Crippen molar-refractivity contribution in [3.63, 3.8) is 0 Å². The second kappa shape index (κ2) is 8.30. The van der Waals surface area contributed by atoms with Crippen LogP contribution in [0.3, 0.4) is 0 Å². The molecule has 2 N–H and O–H groups in total. The number of benzene rings is 2. The molecule has 2 aromatic carbocycles. The zero-order valence-electron chi connectivity index (χ0n) is 15.6. The van der Waals surface area contributed by atoms with Crippen molar-refractivity contribution in [1.29, 1.82) is 0 Å². The highest BCUT2D eigenvalue weighted by molar-refractivity contribution is 7.99. The van der Waals surface area contributed by atoms with Crippen LogP contribution in [-0.4, -0.2) is 23.2 Å². The van der Waals surface area contributed by atoms with Crippen molar-refractivity contribution in [2.24, 2.45) is 10.2 Å². The number of hydrogen-bond acceptors (Lipinski definition) is 6. The summed E-state index contributed by atoms with van der Waals surface area (Å²) in [6, 6.07) is 13.4.